The molecular weight excluding hydrogens is 482 g/mol. The molecule has 0 aliphatic rings. The van der Waals surface area contributed by atoms with Crippen molar-refractivity contribution in [2.75, 3.05) is 14.2 Å². The van der Waals surface area contributed by atoms with Crippen LogP contribution in [0.4, 0.5) is 0 Å². The zero-order chi connectivity index (χ0) is 24.8. The van der Waals surface area contributed by atoms with Crippen LogP contribution in [0.1, 0.15) is 17.5 Å². The number of hydrogen-bond donors (Lipinski definition) is 0. The predicted octanol–water partition coefficient (Wildman–Crippen LogP) is 6.81. The maximum Gasteiger partial charge on any atom is 0.162 e. The van der Waals surface area contributed by atoms with Gasteiger partial charge in [-0.1, -0.05) is 60.2 Å². The van der Waals surface area contributed by atoms with Crippen LogP contribution in [0, 0.1) is 0 Å². The lowest BCUT2D eigenvalue weighted by molar-refractivity contribution is -0.117. The van der Waals surface area contributed by atoms with Gasteiger partial charge in [0, 0.05) is 41.8 Å². The third-order valence-electron chi connectivity index (χ3n) is 5.46. The summed E-state index contributed by atoms with van der Waals surface area (Å²) >= 11 is 12.0. The van der Waals surface area contributed by atoms with Crippen molar-refractivity contribution in [3.05, 3.63) is 89.1 Å². The van der Waals surface area contributed by atoms with Gasteiger partial charge in [-0.25, -0.2) is 0 Å². The van der Waals surface area contributed by atoms with Crippen molar-refractivity contribution in [2.24, 2.45) is 0 Å². The van der Waals surface area contributed by atoms with Gasteiger partial charge in [0.05, 0.1) is 24.8 Å². The molecule has 4 rings (SSSR count). The molecule has 0 N–H and O–H groups in total. The number of thiocarbonyl (C=S) groups is 1. The minimum atomic E-state index is 0.101. The van der Waals surface area contributed by atoms with E-state index in [1.54, 1.807) is 38.6 Å². The fourth-order valence-corrected chi connectivity index (χ4v) is 4.36. The number of ketones is 1. The SMILES string of the molecule is COc1cc2nccc(Oc3ccc(CC(=S)CC(=O)Cc4ccccc4)cc3Cl)c2cc1OC. The molecule has 4 aromatic rings. The van der Waals surface area contributed by atoms with Crippen molar-refractivity contribution in [3.8, 4) is 23.0 Å². The van der Waals surface area contributed by atoms with Gasteiger partial charge in [0.15, 0.2) is 11.5 Å². The first-order valence-electron chi connectivity index (χ1n) is 11.0. The van der Waals surface area contributed by atoms with Crippen LogP contribution in [0.5, 0.6) is 23.0 Å². The second kappa shape index (κ2) is 11.3. The van der Waals surface area contributed by atoms with Crippen LogP contribution in [0.25, 0.3) is 10.9 Å². The first kappa shape index (κ1) is 24.6. The molecule has 0 aliphatic heterocycles. The van der Waals surface area contributed by atoms with Crippen molar-refractivity contribution in [1.82, 2.24) is 4.98 Å². The van der Waals surface area contributed by atoms with E-state index in [2.05, 4.69) is 4.98 Å². The average Bonchev–Trinajstić information content (AvgIpc) is 2.85. The highest BCUT2D eigenvalue weighted by Crippen LogP contribution is 2.38. The Kier molecular flexibility index (Phi) is 7.95. The quantitative estimate of drug-likeness (QED) is 0.221. The number of rotatable bonds is 10. The summed E-state index contributed by atoms with van der Waals surface area (Å²) in [5.74, 6) is 2.36. The fraction of sp³-hybridized carbons (Fsp3) is 0.179. The molecule has 3 aromatic carbocycles. The molecule has 1 aromatic heterocycles. The Labute approximate surface area is 214 Å². The van der Waals surface area contributed by atoms with Crippen molar-refractivity contribution in [2.45, 2.75) is 19.3 Å². The average molecular weight is 506 g/mol. The van der Waals surface area contributed by atoms with Gasteiger partial charge in [-0.05, 0) is 35.4 Å². The third kappa shape index (κ3) is 6.15. The van der Waals surface area contributed by atoms with Crippen molar-refractivity contribution in [1.29, 1.82) is 0 Å². The smallest absolute Gasteiger partial charge is 0.162 e. The normalized spacial score (nSPS) is 10.7. The number of hydrogen-bond acceptors (Lipinski definition) is 6. The van der Waals surface area contributed by atoms with E-state index >= 15 is 0 Å². The first-order valence-corrected chi connectivity index (χ1v) is 11.8. The van der Waals surface area contributed by atoms with Crippen molar-refractivity contribution < 1.29 is 19.0 Å². The summed E-state index contributed by atoms with van der Waals surface area (Å²) in [5.41, 5.74) is 2.62. The predicted molar refractivity (Wildman–Crippen MR) is 142 cm³/mol. The summed E-state index contributed by atoms with van der Waals surface area (Å²) in [6, 6.07) is 20.6. The second-order valence-electron chi connectivity index (χ2n) is 7.99. The summed E-state index contributed by atoms with van der Waals surface area (Å²) < 4.78 is 16.9. The maximum absolute atomic E-state index is 12.4. The molecule has 0 saturated heterocycles. The molecule has 7 heteroatoms. The lowest BCUT2D eigenvalue weighted by atomic mass is 10.0. The van der Waals surface area contributed by atoms with Crippen LogP contribution in [0.3, 0.4) is 0 Å². The monoisotopic (exact) mass is 505 g/mol. The molecule has 1 heterocycles. The fourth-order valence-electron chi connectivity index (χ4n) is 3.79. The maximum atomic E-state index is 12.4. The van der Waals surface area contributed by atoms with E-state index in [1.165, 1.54) is 0 Å². The molecule has 35 heavy (non-hydrogen) atoms. The highest BCUT2D eigenvalue weighted by molar-refractivity contribution is 7.80. The number of methoxy groups -OCH3 is 2. The van der Waals surface area contributed by atoms with Gasteiger partial charge in [0.1, 0.15) is 17.3 Å². The summed E-state index contributed by atoms with van der Waals surface area (Å²) in [7, 11) is 3.16. The van der Waals surface area contributed by atoms with Crippen LogP contribution in [-0.2, 0) is 17.6 Å². The number of fused-ring (bicyclic) bond motifs is 1. The zero-order valence-electron chi connectivity index (χ0n) is 19.4. The molecule has 5 nitrogen and oxygen atoms in total. The summed E-state index contributed by atoms with van der Waals surface area (Å²) in [6.07, 6.45) is 2.79. The van der Waals surface area contributed by atoms with Gasteiger partial charge < -0.3 is 14.2 Å². The van der Waals surface area contributed by atoms with Gasteiger partial charge >= 0.3 is 0 Å². The molecule has 0 spiro atoms. The zero-order valence-corrected chi connectivity index (χ0v) is 21.0. The van der Waals surface area contributed by atoms with Crippen LogP contribution in [-0.4, -0.2) is 29.9 Å². The minimum absolute atomic E-state index is 0.101. The van der Waals surface area contributed by atoms with E-state index in [9.17, 15) is 4.79 Å². The van der Waals surface area contributed by atoms with Crippen molar-refractivity contribution in [3.63, 3.8) is 0 Å². The number of halogens is 1. The highest BCUT2D eigenvalue weighted by atomic mass is 35.5. The summed E-state index contributed by atoms with van der Waals surface area (Å²) in [6.45, 7) is 0. The number of ether oxygens (including phenoxy) is 3. The Morgan fingerprint density at radius 3 is 2.31 bits per heavy atom. The molecule has 0 atom stereocenters. The van der Waals surface area contributed by atoms with Crippen molar-refractivity contribution >= 4 is 45.4 Å². The largest absolute Gasteiger partial charge is 0.493 e. The molecule has 0 radical (unpaired) electrons. The standard InChI is InChI=1S/C28H24ClNO4S/c1-32-27-16-22-24(17-28(27)33-2)30-11-10-25(22)34-26-9-8-19(14-23(26)29)13-21(35)15-20(31)12-18-6-4-3-5-7-18/h3-11,14,16-17H,12-13,15H2,1-2H3. The number of nitrogens with zero attached hydrogens (tertiary/aromatic N) is 1. The van der Waals surface area contributed by atoms with Crippen LogP contribution in [0.2, 0.25) is 5.02 Å². The van der Waals surface area contributed by atoms with Gasteiger partial charge in [-0.3, -0.25) is 9.78 Å². The Balaban J connectivity index is 1.45. The Morgan fingerprint density at radius 1 is 0.857 bits per heavy atom. The first-order chi connectivity index (χ1) is 17.0. The van der Waals surface area contributed by atoms with E-state index < -0.39 is 0 Å². The lowest BCUT2D eigenvalue weighted by Crippen LogP contribution is -2.10. The van der Waals surface area contributed by atoms with Crippen LogP contribution < -0.4 is 14.2 Å². The number of carbonyl (C=O) groups excluding carboxylic acids is 1. The molecule has 0 saturated carbocycles. The van der Waals surface area contributed by atoms with E-state index in [-0.39, 0.29) is 12.2 Å². The number of pyridine rings is 1. The minimum Gasteiger partial charge on any atom is -0.493 e. The van der Waals surface area contributed by atoms with E-state index in [1.807, 2.05) is 48.5 Å². The molecule has 0 fully saturated rings. The Bertz CT molecular complexity index is 1370. The number of benzene rings is 3. The lowest BCUT2D eigenvalue weighted by Gasteiger charge is -2.13. The third-order valence-corrected chi connectivity index (χ3v) is 6.05. The van der Waals surface area contributed by atoms with Gasteiger partial charge in [0.2, 0.25) is 0 Å². The Hall–Kier alpha value is -3.48. The molecule has 178 valence electrons. The highest BCUT2D eigenvalue weighted by Gasteiger charge is 2.14. The molecule has 0 aliphatic carbocycles. The summed E-state index contributed by atoms with van der Waals surface area (Å²) in [5, 5.41) is 1.22. The van der Waals surface area contributed by atoms with Crippen LogP contribution >= 0.6 is 23.8 Å². The number of carbonyl (C=O) groups is 1. The van der Waals surface area contributed by atoms with Crippen LogP contribution in [0.15, 0.2) is 72.9 Å². The molecule has 0 unspecified atom stereocenters. The molecular formula is C28H24ClNO4S. The number of Topliss-reactive ketones (excluding diaryl/α,β-unsaturated/α-hetero) is 1. The second-order valence-corrected chi connectivity index (χ2v) is 8.98. The van der Waals surface area contributed by atoms with Gasteiger partial charge in [-0.2, -0.15) is 0 Å². The van der Waals surface area contributed by atoms with E-state index in [0.717, 1.165) is 16.5 Å². The topological polar surface area (TPSA) is 57.7 Å². The summed E-state index contributed by atoms with van der Waals surface area (Å²) in [4.78, 5) is 17.4. The van der Waals surface area contributed by atoms with Gasteiger partial charge in [-0.15, -0.1) is 0 Å². The molecule has 0 bridgehead atoms. The van der Waals surface area contributed by atoms with Gasteiger partial charge in [0.25, 0.3) is 0 Å². The Morgan fingerprint density at radius 2 is 1.60 bits per heavy atom. The molecule has 0 amide bonds. The van der Waals surface area contributed by atoms with E-state index in [0.29, 0.717) is 51.2 Å². The van der Waals surface area contributed by atoms with E-state index in [4.69, 9.17) is 38.0 Å². The number of aromatic nitrogens is 1.